The van der Waals surface area contributed by atoms with Gasteiger partial charge in [0.05, 0.1) is 24.1 Å². The molecule has 2 saturated heterocycles. The molecule has 248 valence electrons. The molecule has 0 radical (unpaired) electrons. The van der Waals surface area contributed by atoms with E-state index in [2.05, 4.69) is 27.5 Å². The highest BCUT2D eigenvalue weighted by Crippen LogP contribution is 2.36. The van der Waals surface area contributed by atoms with Gasteiger partial charge in [0.1, 0.15) is 16.8 Å². The molecule has 4 heterocycles. The lowest BCUT2D eigenvalue weighted by molar-refractivity contribution is 0.0378. The van der Waals surface area contributed by atoms with E-state index in [-0.39, 0.29) is 27.6 Å². The number of hydrogen-bond donors (Lipinski definition) is 2. The molecule has 11 heteroatoms. The van der Waals surface area contributed by atoms with E-state index in [1.807, 2.05) is 24.3 Å². The predicted octanol–water partition coefficient (Wildman–Crippen LogP) is 4.79. The summed E-state index contributed by atoms with van der Waals surface area (Å²) in [5, 5.41) is 8.84. The first-order chi connectivity index (χ1) is 23.4. The number of nitrogens with one attached hydrogen (secondary N) is 2. The molecular weight excluding hydrogens is 613 g/mol. The summed E-state index contributed by atoms with van der Waals surface area (Å²) in [6.45, 7) is 5.90. The van der Waals surface area contributed by atoms with Gasteiger partial charge in [0.25, 0.3) is 5.91 Å². The van der Waals surface area contributed by atoms with Crippen LogP contribution in [0.5, 0.6) is 0 Å². The average Bonchev–Trinajstić information content (AvgIpc) is 3.63. The Labute approximate surface area is 275 Å². The number of likely N-dealkylation sites (tertiary alicyclic amines) is 1. The summed E-state index contributed by atoms with van der Waals surface area (Å²) in [6.07, 6.45) is 5.27. The fourth-order valence-electron chi connectivity index (χ4n) is 7.59. The summed E-state index contributed by atoms with van der Waals surface area (Å²) in [5.41, 5.74) is 0.791. The van der Waals surface area contributed by atoms with Gasteiger partial charge in [-0.25, -0.2) is 4.39 Å². The Balaban J connectivity index is 1.25. The number of pyridine rings is 1. The van der Waals surface area contributed by atoms with E-state index in [1.165, 1.54) is 12.3 Å². The van der Waals surface area contributed by atoms with Gasteiger partial charge in [0.2, 0.25) is 5.43 Å². The molecule has 6 aromatic rings. The van der Waals surface area contributed by atoms with Gasteiger partial charge in [-0.15, -0.1) is 0 Å². The van der Waals surface area contributed by atoms with Gasteiger partial charge >= 0.3 is 0 Å². The summed E-state index contributed by atoms with van der Waals surface area (Å²) in [5.74, 6) is -1.16. The van der Waals surface area contributed by atoms with Gasteiger partial charge in [-0.05, 0) is 74.8 Å². The minimum Gasteiger partial charge on any atom is -0.451 e. The van der Waals surface area contributed by atoms with Crippen LogP contribution >= 0.6 is 0 Å². The first kappa shape index (κ1) is 30.7. The maximum atomic E-state index is 16.0. The Hall–Kier alpha value is -4.58. The molecule has 1 unspecified atom stereocenters. The second-order valence-corrected chi connectivity index (χ2v) is 13.1. The first-order valence-corrected chi connectivity index (χ1v) is 16.8. The molecular formula is C37H38FN5O5. The highest BCUT2D eigenvalue weighted by Gasteiger charge is 2.25. The van der Waals surface area contributed by atoms with Crippen molar-refractivity contribution in [2.75, 3.05) is 64.8 Å². The standard InChI is InChI=1S/C37H38FN5O5/c1-41-12-4-6-22(41)9-11-40-37(46)28-21-43-30-19-25-23-7-2-3-8-24(23)34(44)26(25)20-31(30)48-36-32(29(38)18-27(33(36)43)35(28)45)39-10-5-13-42-14-16-47-17-15-42/h2-3,7-8,18-22,39H,4-6,9-17H2,1H3,(H,40,46). The van der Waals surface area contributed by atoms with Crippen molar-refractivity contribution in [3.63, 3.8) is 0 Å². The molecule has 2 aliphatic rings. The number of carbonyl (C=O) groups excluding carboxylic acids is 1. The van der Waals surface area contributed by atoms with Gasteiger partial charge in [0, 0.05) is 49.2 Å². The van der Waals surface area contributed by atoms with Crippen molar-refractivity contribution in [3.8, 4) is 0 Å². The van der Waals surface area contributed by atoms with Crippen molar-refractivity contribution in [1.29, 1.82) is 0 Å². The molecule has 0 spiro atoms. The fourth-order valence-corrected chi connectivity index (χ4v) is 7.59. The van der Waals surface area contributed by atoms with E-state index in [0.29, 0.717) is 59.7 Å². The van der Waals surface area contributed by atoms with E-state index in [1.54, 1.807) is 16.5 Å². The van der Waals surface area contributed by atoms with E-state index >= 15 is 4.39 Å². The largest absolute Gasteiger partial charge is 0.451 e. The van der Waals surface area contributed by atoms with E-state index < -0.39 is 17.2 Å². The topological polar surface area (TPSA) is 109 Å². The third-order valence-electron chi connectivity index (χ3n) is 10.2. The van der Waals surface area contributed by atoms with Crippen LogP contribution in [0, 0.1) is 5.82 Å². The van der Waals surface area contributed by atoms with E-state index in [4.69, 9.17) is 9.15 Å². The number of fused-ring (bicyclic) bond motifs is 5. The molecule has 10 nitrogen and oxygen atoms in total. The lowest BCUT2D eigenvalue weighted by Gasteiger charge is -2.26. The van der Waals surface area contributed by atoms with Gasteiger partial charge < -0.3 is 29.1 Å². The molecule has 4 aromatic carbocycles. The number of halogens is 1. The second kappa shape index (κ2) is 12.5. The number of benzene rings is 3. The Bertz CT molecular complexity index is 2310. The van der Waals surface area contributed by atoms with Crippen LogP contribution in [0.15, 0.2) is 62.7 Å². The second-order valence-electron chi connectivity index (χ2n) is 13.1. The van der Waals surface area contributed by atoms with Crippen molar-refractivity contribution < 1.29 is 18.3 Å². The normalized spacial score (nSPS) is 17.8. The monoisotopic (exact) mass is 651 g/mol. The van der Waals surface area contributed by atoms with Crippen LogP contribution in [0.3, 0.4) is 0 Å². The predicted molar refractivity (Wildman–Crippen MR) is 186 cm³/mol. The quantitative estimate of drug-likeness (QED) is 0.131. The van der Waals surface area contributed by atoms with Crippen LogP contribution in [0.2, 0.25) is 0 Å². The number of carbonyl (C=O) groups is 1. The molecule has 48 heavy (non-hydrogen) atoms. The van der Waals surface area contributed by atoms with Crippen molar-refractivity contribution in [2.24, 2.45) is 0 Å². The molecule has 2 fully saturated rings. The number of morpholine rings is 1. The number of hydrogen-bond acceptors (Lipinski definition) is 8. The maximum absolute atomic E-state index is 16.0. The Morgan fingerprint density at radius 1 is 0.958 bits per heavy atom. The van der Waals surface area contributed by atoms with Crippen LogP contribution in [-0.2, 0) is 4.74 Å². The number of aromatic nitrogens is 1. The third-order valence-corrected chi connectivity index (χ3v) is 10.2. The lowest BCUT2D eigenvalue weighted by atomic mass is 10.1. The molecule has 8 rings (SSSR count). The summed E-state index contributed by atoms with van der Waals surface area (Å²) in [4.78, 5) is 45.5. The molecule has 1 atom stereocenters. The highest BCUT2D eigenvalue weighted by molar-refractivity contribution is 6.15. The lowest BCUT2D eigenvalue weighted by Crippen LogP contribution is -2.37. The van der Waals surface area contributed by atoms with Crippen molar-refractivity contribution >= 4 is 60.7 Å². The first-order valence-electron chi connectivity index (χ1n) is 16.8. The number of rotatable bonds is 9. The van der Waals surface area contributed by atoms with Crippen LogP contribution in [0.4, 0.5) is 10.1 Å². The fraction of sp³-hybridized carbons (Fsp3) is 0.378. The summed E-state index contributed by atoms with van der Waals surface area (Å²) < 4.78 is 29.6. The molecule has 0 aliphatic carbocycles. The summed E-state index contributed by atoms with van der Waals surface area (Å²) in [6, 6.07) is 12.5. The van der Waals surface area contributed by atoms with Gasteiger partial charge in [-0.3, -0.25) is 19.3 Å². The molecule has 2 N–H and O–H groups in total. The zero-order valence-corrected chi connectivity index (χ0v) is 26.9. The van der Waals surface area contributed by atoms with Gasteiger partial charge in [0.15, 0.2) is 22.4 Å². The Morgan fingerprint density at radius 3 is 2.56 bits per heavy atom. The van der Waals surface area contributed by atoms with E-state index in [9.17, 15) is 14.4 Å². The van der Waals surface area contributed by atoms with Crippen molar-refractivity contribution in [1.82, 2.24) is 19.5 Å². The van der Waals surface area contributed by atoms with Crippen LogP contribution < -0.4 is 21.5 Å². The average molecular weight is 652 g/mol. The Kier molecular flexibility index (Phi) is 7.98. The molecule has 0 bridgehead atoms. The Morgan fingerprint density at radius 2 is 1.77 bits per heavy atom. The van der Waals surface area contributed by atoms with Crippen molar-refractivity contribution in [3.05, 3.63) is 80.5 Å². The van der Waals surface area contributed by atoms with Crippen molar-refractivity contribution in [2.45, 2.75) is 31.7 Å². The molecule has 1 amide bonds. The minimum absolute atomic E-state index is 0.0483. The SMILES string of the molecule is CN1CCCC1CCNC(=O)c1cn2c3cc4c(cc3oc3c(NCCCN5CCOCC5)c(F)cc(c1=O)c32)c(=O)c1ccccc14. The van der Waals surface area contributed by atoms with Gasteiger partial charge in [-0.2, -0.15) is 0 Å². The number of anilines is 1. The number of nitrogens with zero attached hydrogens (tertiary/aromatic N) is 3. The highest BCUT2D eigenvalue weighted by atomic mass is 19.1. The summed E-state index contributed by atoms with van der Waals surface area (Å²) >= 11 is 0. The van der Waals surface area contributed by atoms with Crippen LogP contribution in [0.1, 0.15) is 36.0 Å². The number of amides is 1. The molecule has 2 aliphatic heterocycles. The summed E-state index contributed by atoms with van der Waals surface area (Å²) in [7, 11) is 2.08. The smallest absolute Gasteiger partial charge is 0.256 e. The van der Waals surface area contributed by atoms with Crippen LogP contribution in [0.25, 0.3) is 49.1 Å². The zero-order valence-electron chi connectivity index (χ0n) is 26.9. The van der Waals surface area contributed by atoms with E-state index in [0.717, 1.165) is 62.6 Å². The molecule has 2 aromatic heterocycles. The maximum Gasteiger partial charge on any atom is 0.256 e. The number of ether oxygens (including phenoxy) is 1. The zero-order chi connectivity index (χ0) is 32.9. The third kappa shape index (κ3) is 5.26. The minimum atomic E-state index is -0.651. The van der Waals surface area contributed by atoms with Crippen LogP contribution in [-0.4, -0.2) is 85.7 Å². The molecule has 0 saturated carbocycles. The van der Waals surface area contributed by atoms with Gasteiger partial charge in [-0.1, -0.05) is 24.3 Å².